The molecule has 0 aliphatic carbocycles. The Bertz CT molecular complexity index is 176. The molecular formula is C8H12O4. The van der Waals surface area contributed by atoms with Gasteiger partial charge >= 0.3 is 0 Å². The zero-order chi connectivity index (χ0) is 9.23. The van der Waals surface area contributed by atoms with Crippen molar-refractivity contribution in [3.63, 3.8) is 0 Å². The molecule has 0 aliphatic heterocycles. The van der Waals surface area contributed by atoms with Gasteiger partial charge in [0.25, 0.3) is 0 Å². The Morgan fingerprint density at radius 3 is 2.00 bits per heavy atom. The summed E-state index contributed by atoms with van der Waals surface area (Å²) < 4.78 is 0. The Kier molecular flexibility index (Phi) is 7.52. The summed E-state index contributed by atoms with van der Waals surface area (Å²) >= 11 is 0. The van der Waals surface area contributed by atoms with Crippen LogP contribution in [0.5, 0.6) is 0 Å². The molecule has 1 aromatic rings. The second-order valence-corrected chi connectivity index (χ2v) is 2.04. The molecule has 0 amide bonds. The second kappa shape index (κ2) is 8.16. The van der Waals surface area contributed by atoms with Gasteiger partial charge in [0.2, 0.25) is 0 Å². The van der Waals surface area contributed by atoms with Crippen LogP contribution < -0.4 is 0 Å². The summed E-state index contributed by atoms with van der Waals surface area (Å²) in [6.07, 6.45) is 0.765. The molecule has 1 rings (SSSR count). The monoisotopic (exact) mass is 172 g/mol. The number of benzene rings is 1. The summed E-state index contributed by atoms with van der Waals surface area (Å²) in [6, 6.07) is 9.95. The van der Waals surface area contributed by atoms with E-state index in [1.807, 2.05) is 30.3 Å². The molecule has 0 atom stereocenters. The molecule has 3 N–H and O–H groups in total. The van der Waals surface area contributed by atoms with E-state index in [2.05, 4.69) is 5.04 Å². The van der Waals surface area contributed by atoms with Gasteiger partial charge in [-0.3, -0.25) is 0 Å². The molecule has 0 saturated heterocycles. The van der Waals surface area contributed by atoms with Crippen LogP contribution in [0.25, 0.3) is 0 Å². The van der Waals surface area contributed by atoms with Gasteiger partial charge in [0.05, 0.1) is 0 Å². The highest BCUT2D eigenvalue weighted by atomic mass is 17.4. The molecule has 0 fully saturated rings. The first-order valence-electron chi connectivity index (χ1n) is 3.45. The molecule has 0 aromatic heterocycles. The maximum atomic E-state index is 8.52. The highest BCUT2D eigenvalue weighted by Crippen LogP contribution is 1.97. The van der Waals surface area contributed by atoms with Gasteiger partial charge in [-0.15, -0.1) is 0 Å². The Labute approximate surface area is 70.5 Å². The lowest BCUT2D eigenvalue weighted by atomic mass is 10.2. The molecule has 0 aliphatic rings. The SMILES string of the molecule is OCCc1ccccc1.OOO. The van der Waals surface area contributed by atoms with E-state index in [9.17, 15) is 0 Å². The zero-order valence-electron chi connectivity index (χ0n) is 6.55. The molecule has 0 spiro atoms. The highest BCUT2D eigenvalue weighted by molar-refractivity contribution is 5.14. The summed E-state index contributed by atoms with van der Waals surface area (Å²) in [5.74, 6) is 0. The van der Waals surface area contributed by atoms with Crippen molar-refractivity contribution in [1.29, 1.82) is 0 Å². The molecule has 0 bridgehead atoms. The number of hydrogen-bond acceptors (Lipinski definition) is 4. The fourth-order valence-corrected chi connectivity index (χ4v) is 0.774. The fourth-order valence-electron chi connectivity index (χ4n) is 0.774. The molecule has 4 heteroatoms. The van der Waals surface area contributed by atoms with Crippen LogP contribution in [0, 0.1) is 0 Å². The molecule has 68 valence electrons. The summed E-state index contributed by atoms with van der Waals surface area (Å²) in [6.45, 7) is 0.240. The molecule has 0 heterocycles. The predicted molar refractivity (Wildman–Crippen MR) is 43.6 cm³/mol. The largest absolute Gasteiger partial charge is 0.396 e. The molecule has 12 heavy (non-hydrogen) atoms. The highest BCUT2D eigenvalue weighted by Gasteiger charge is 1.85. The van der Waals surface area contributed by atoms with Crippen LogP contribution >= 0.6 is 0 Å². The van der Waals surface area contributed by atoms with Crippen LogP contribution in [0.3, 0.4) is 0 Å². The summed E-state index contributed by atoms with van der Waals surface area (Å²) in [7, 11) is 0. The van der Waals surface area contributed by atoms with Crippen molar-refractivity contribution in [2.24, 2.45) is 0 Å². The van der Waals surface area contributed by atoms with Crippen molar-refractivity contribution >= 4 is 0 Å². The topological polar surface area (TPSA) is 69.9 Å². The molecule has 4 nitrogen and oxygen atoms in total. The Balaban J connectivity index is 0.000000354. The van der Waals surface area contributed by atoms with E-state index in [4.69, 9.17) is 15.6 Å². The average Bonchev–Trinajstić information content (AvgIpc) is 2.08. The Morgan fingerprint density at radius 1 is 1.08 bits per heavy atom. The molecule has 0 unspecified atom stereocenters. The van der Waals surface area contributed by atoms with Crippen LogP contribution in [0.2, 0.25) is 0 Å². The van der Waals surface area contributed by atoms with Crippen molar-refractivity contribution < 1.29 is 20.7 Å². The summed E-state index contributed by atoms with van der Waals surface area (Å²) in [5, 5.41) is 24.0. The first kappa shape index (κ1) is 11.1. The third-order valence-corrected chi connectivity index (χ3v) is 1.24. The minimum absolute atomic E-state index is 0.240. The van der Waals surface area contributed by atoms with Crippen LogP contribution in [-0.4, -0.2) is 22.2 Å². The standard InChI is InChI=1S/C8H10O.H2O3/c9-7-6-8-4-2-1-3-5-8;1-3-2/h1-5,9H,6-7H2;1-2H. The molecule has 1 aromatic carbocycles. The van der Waals surface area contributed by atoms with E-state index in [0.717, 1.165) is 6.42 Å². The van der Waals surface area contributed by atoms with Crippen molar-refractivity contribution in [2.75, 3.05) is 6.61 Å². The number of aliphatic hydroxyl groups is 1. The Hall–Kier alpha value is -0.940. The van der Waals surface area contributed by atoms with Gasteiger partial charge in [0, 0.05) is 6.61 Å². The third-order valence-electron chi connectivity index (χ3n) is 1.24. The van der Waals surface area contributed by atoms with Crippen molar-refractivity contribution in [3.8, 4) is 0 Å². The van der Waals surface area contributed by atoms with E-state index in [1.165, 1.54) is 5.56 Å². The first-order valence-corrected chi connectivity index (χ1v) is 3.45. The van der Waals surface area contributed by atoms with Gasteiger partial charge in [-0.2, -0.15) is 0 Å². The van der Waals surface area contributed by atoms with E-state index in [0.29, 0.717) is 0 Å². The van der Waals surface area contributed by atoms with Gasteiger partial charge in [-0.25, -0.2) is 10.5 Å². The molecular weight excluding hydrogens is 160 g/mol. The zero-order valence-corrected chi connectivity index (χ0v) is 6.55. The van der Waals surface area contributed by atoms with Crippen LogP contribution in [-0.2, 0) is 11.5 Å². The maximum Gasteiger partial charge on any atom is 0.0471 e. The normalized spacial score (nSPS) is 8.58. The van der Waals surface area contributed by atoms with Gasteiger partial charge < -0.3 is 5.11 Å². The van der Waals surface area contributed by atoms with Gasteiger partial charge in [-0.1, -0.05) is 35.4 Å². The number of hydrogen-bond donors (Lipinski definition) is 3. The number of rotatable bonds is 2. The smallest absolute Gasteiger partial charge is 0.0471 e. The third kappa shape index (κ3) is 5.82. The second-order valence-electron chi connectivity index (χ2n) is 2.04. The minimum Gasteiger partial charge on any atom is -0.396 e. The number of aliphatic hydroxyl groups excluding tert-OH is 1. The maximum absolute atomic E-state index is 8.52. The average molecular weight is 172 g/mol. The van der Waals surface area contributed by atoms with Crippen LogP contribution in [0.4, 0.5) is 0 Å². The molecule has 0 saturated carbocycles. The van der Waals surface area contributed by atoms with E-state index in [-0.39, 0.29) is 6.61 Å². The van der Waals surface area contributed by atoms with Crippen molar-refractivity contribution in [3.05, 3.63) is 35.9 Å². The fraction of sp³-hybridized carbons (Fsp3) is 0.250. The lowest BCUT2D eigenvalue weighted by Crippen LogP contribution is -1.88. The van der Waals surface area contributed by atoms with Gasteiger partial charge in [0.1, 0.15) is 0 Å². The molecule has 0 radical (unpaired) electrons. The quantitative estimate of drug-likeness (QED) is 0.462. The summed E-state index contributed by atoms with van der Waals surface area (Å²) in [4.78, 5) is 0. The first-order chi connectivity index (χ1) is 5.85. The van der Waals surface area contributed by atoms with Crippen LogP contribution in [0.15, 0.2) is 30.3 Å². The van der Waals surface area contributed by atoms with Crippen LogP contribution in [0.1, 0.15) is 5.56 Å². The van der Waals surface area contributed by atoms with Crippen molar-refractivity contribution in [1.82, 2.24) is 0 Å². The van der Waals surface area contributed by atoms with Gasteiger partial charge in [-0.05, 0) is 12.0 Å². The summed E-state index contributed by atoms with van der Waals surface area (Å²) in [5.41, 5.74) is 1.19. The Morgan fingerprint density at radius 2 is 1.58 bits per heavy atom. The van der Waals surface area contributed by atoms with E-state index < -0.39 is 0 Å². The lowest BCUT2D eigenvalue weighted by molar-refractivity contribution is -0.465. The predicted octanol–water partition coefficient (Wildman–Crippen LogP) is 1.17. The lowest BCUT2D eigenvalue weighted by Gasteiger charge is -1.93. The van der Waals surface area contributed by atoms with E-state index >= 15 is 0 Å². The van der Waals surface area contributed by atoms with E-state index in [1.54, 1.807) is 0 Å². The van der Waals surface area contributed by atoms with Gasteiger partial charge in [0.15, 0.2) is 0 Å². The minimum atomic E-state index is 0.240. The van der Waals surface area contributed by atoms with Crippen molar-refractivity contribution in [2.45, 2.75) is 6.42 Å².